The van der Waals surface area contributed by atoms with E-state index in [9.17, 15) is 4.79 Å². The number of halogens is 1. The largest absolute Gasteiger partial charge is 0.409 e. The van der Waals surface area contributed by atoms with Crippen molar-refractivity contribution in [1.29, 1.82) is 0 Å². The predicted octanol–water partition coefficient (Wildman–Crippen LogP) is 1.97. The van der Waals surface area contributed by atoms with E-state index >= 15 is 0 Å². The van der Waals surface area contributed by atoms with E-state index in [-0.39, 0.29) is 18.3 Å². The quantitative estimate of drug-likeness (QED) is 0.386. The first-order valence-electron chi connectivity index (χ1n) is 5.50. The number of rotatable bonds is 4. The van der Waals surface area contributed by atoms with Gasteiger partial charge >= 0.3 is 0 Å². The normalized spacial score (nSPS) is 11.4. The standard InChI is InChI=1S/C12H16BrN3O2/c1-3-16(7-11(14)15-18)12(17)9-4-8(2)5-10(13)6-9/h4-6,18H,3,7H2,1-2H3,(H2,14,15). The highest BCUT2D eigenvalue weighted by atomic mass is 79.9. The summed E-state index contributed by atoms with van der Waals surface area (Å²) in [5.41, 5.74) is 6.99. The number of benzene rings is 1. The highest BCUT2D eigenvalue weighted by molar-refractivity contribution is 9.10. The monoisotopic (exact) mass is 313 g/mol. The molecule has 1 amide bonds. The fourth-order valence-corrected chi connectivity index (χ4v) is 2.20. The van der Waals surface area contributed by atoms with Gasteiger partial charge in [-0.15, -0.1) is 0 Å². The Morgan fingerprint density at radius 1 is 1.50 bits per heavy atom. The summed E-state index contributed by atoms with van der Waals surface area (Å²) in [4.78, 5) is 13.8. The van der Waals surface area contributed by atoms with Gasteiger partial charge in [-0.25, -0.2) is 0 Å². The van der Waals surface area contributed by atoms with Gasteiger partial charge in [-0.2, -0.15) is 0 Å². The molecule has 18 heavy (non-hydrogen) atoms. The van der Waals surface area contributed by atoms with Gasteiger partial charge in [-0.05, 0) is 37.6 Å². The van der Waals surface area contributed by atoms with Gasteiger partial charge in [0.05, 0.1) is 6.54 Å². The maximum atomic E-state index is 12.2. The molecule has 3 N–H and O–H groups in total. The smallest absolute Gasteiger partial charge is 0.254 e. The third kappa shape index (κ3) is 3.73. The van der Waals surface area contributed by atoms with Crippen molar-refractivity contribution >= 4 is 27.7 Å². The van der Waals surface area contributed by atoms with Crippen LogP contribution in [0.15, 0.2) is 27.8 Å². The van der Waals surface area contributed by atoms with Crippen LogP contribution in [-0.4, -0.2) is 34.9 Å². The predicted molar refractivity (Wildman–Crippen MR) is 73.9 cm³/mol. The Kier molecular flexibility index (Phi) is 5.15. The van der Waals surface area contributed by atoms with Crippen molar-refractivity contribution < 1.29 is 10.0 Å². The first-order valence-corrected chi connectivity index (χ1v) is 6.30. The number of carbonyl (C=O) groups excluding carboxylic acids is 1. The minimum absolute atomic E-state index is 0.0110. The Hall–Kier alpha value is -1.56. The molecule has 1 aromatic rings. The van der Waals surface area contributed by atoms with Crippen LogP contribution in [0.5, 0.6) is 0 Å². The van der Waals surface area contributed by atoms with Crippen molar-refractivity contribution in [2.75, 3.05) is 13.1 Å². The number of nitrogens with zero attached hydrogens (tertiary/aromatic N) is 2. The van der Waals surface area contributed by atoms with Crippen LogP contribution in [-0.2, 0) is 0 Å². The molecule has 0 spiro atoms. The highest BCUT2D eigenvalue weighted by Crippen LogP contribution is 2.16. The third-order valence-electron chi connectivity index (χ3n) is 2.44. The fraction of sp³-hybridized carbons (Fsp3) is 0.333. The van der Waals surface area contributed by atoms with Crippen LogP contribution >= 0.6 is 15.9 Å². The third-order valence-corrected chi connectivity index (χ3v) is 2.90. The van der Waals surface area contributed by atoms with E-state index < -0.39 is 0 Å². The highest BCUT2D eigenvalue weighted by Gasteiger charge is 2.16. The SMILES string of the molecule is CCN(C/C(N)=N/O)C(=O)c1cc(C)cc(Br)c1. The van der Waals surface area contributed by atoms with E-state index in [0.717, 1.165) is 10.0 Å². The Balaban J connectivity index is 2.96. The lowest BCUT2D eigenvalue weighted by atomic mass is 10.1. The van der Waals surface area contributed by atoms with Gasteiger partial charge in [0.15, 0.2) is 5.84 Å². The number of aryl methyl sites for hydroxylation is 1. The number of hydrogen-bond acceptors (Lipinski definition) is 3. The Labute approximate surface area is 114 Å². The molecule has 98 valence electrons. The summed E-state index contributed by atoms with van der Waals surface area (Å²) in [6, 6.07) is 5.49. The topological polar surface area (TPSA) is 78.9 Å². The summed E-state index contributed by atoms with van der Waals surface area (Å²) in [6.45, 7) is 4.35. The Morgan fingerprint density at radius 2 is 2.17 bits per heavy atom. The number of likely N-dealkylation sites (N-methyl/N-ethyl adjacent to an activating group) is 1. The van der Waals surface area contributed by atoms with Gasteiger partial charge < -0.3 is 15.8 Å². The summed E-state index contributed by atoms with van der Waals surface area (Å²) in [5, 5.41) is 11.4. The van der Waals surface area contributed by atoms with E-state index in [0.29, 0.717) is 12.1 Å². The molecule has 0 radical (unpaired) electrons. The lowest BCUT2D eigenvalue weighted by molar-refractivity contribution is 0.0786. The average Bonchev–Trinajstić information content (AvgIpc) is 2.33. The lowest BCUT2D eigenvalue weighted by Gasteiger charge is -2.20. The maximum absolute atomic E-state index is 12.2. The Morgan fingerprint density at radius 3 is 2.67 bits per heavy atom. The molecule has 0 saturated heterocycles. The zero-order valence-electron chi connectivity index (χ0n) is 10.4. The van der Waals surface area contributed by atoms with E-state index in [2.05, 4.69) is 21.1 Å². The van der Waals surface area contributed by atoms with Gasteiger partial charge in [0.25, 0.3) is 5.91 Å². The van der Waals surface area contributed by atoms with Crippen LogP contribution in [0.1, 0.15) is 22.8 Å². The molecule has 0 saturated carbocycles. The molecule has 6 heteroatoms. The number of amides is 1. The average molecular weight is 314 g/mol. The van der Waals surface area contributed by atoms with Crippen molar-refractivity contribution in [3.63, 3.8) is 0 Å². The molecular formula is C12H16BrN3O2. The first kappa shape index (κ1) is 14.5. The van der Waals surface area contributed by atoms with Gasteiger partial charge in [-0.3, -0.25) is 4.79 Å². The van der Waals surface area contributed by atoms with Gasteiger partial charge in [0, 0.05) is 16.6 Å². The second kappa shape index (κ2) is 6.39. The summed E-state index contributed by atoms with van der Waals surface area (Å²) >= 11 is 3.36. The van der Waals surface area contributed by atoms with Crippen LogP contribution in [0.4, 0.5) is 0 Å². The fourth-order valence-electron chi connectivity index (χ4n) is 1.60. The van der Waals surface area contributed by atoms with Crippen molar-refractivity contribution in [3.8, 4) is 0 Å². The summed E-state index contributed by atoms with van der Waals surface area (Å²) in [6.07, 6.45) is 0. The molecule has 0 aromatic heterocycles. The number of nitrogens with two attached hydrogens (primary N) is 1. The summed E-state index contributed by atoms with van der Waals surface area (Å²) < 4.78 is 0.853. The minimum Gasteiger partial charge on any atom is -0.409 e. The number of hydrogen-bond donors (Lipinski definition) is 2. The molecule has 0 unspecified atom stereocenters. The van der Waals surface area contributed by atoms with Gasteiger partial charge in [0.1, 0.15) is 0 Å². The minimum atomic E-state index is -0.145. The molecule has 0 atom stereocenters. The molecule has 1 aromatic carbocycles. The second-order valence-electron chi connectivity index (χ2n) is 3.93. The van der Waals surface area contributed by atoms with Crippen molar-refractivity contribution in [2.45, 2.75) is 13.8 Å². The first-order chi connectivity index (χ1) is 8.47. The van der Waals surface area contributed by atoms with E-state index in [1.807, 2.05) is 26.0 Å². The van der Waals surface area contributed by atoms with Crippen LogP contribution in [0.3, 0.4) is 0 Å². The number of carbonyl (C=O) groups is 1. The van der Waals surface area contributed by atoms with Crippen LogP contribution in [0.25, 0.3) is 0 Å². The molecule has 0 fully saturated rings. The Bertz CT molecular complexity index is 454. The second-order valence-corrected chi connectivity index (χ2v) is 4.84. The van der Waals surface area contributed by atoms with Crippen LogP contribution < -0.4 is 5.73 Å². The summed E-state index contributed by atoms with van der Waals surface area (Å²) in [7, 11) is 0. The van der Waals surface area contributed by atoms with Gasteiger partial charge in [0.2, 0.25) is 0 Å². The molecule has 5 nitrogen and oxygen atoms in total. The molecule has 0 heterocycles. The molecule has 0 bridgehead atoms. The molecule has 1 rings (SSSR count). The zero-order chi connectivity index (χ0) is 13.7. The zero-order valence-corrected chi connectivity index (χ0v) is 11.9. The van der Waals surface area contributed by atoms with Crippen molar-refractivity contribution in [2.24, 2.45) is 10.9 Å². The molecule has 0 aliphatic carbocycles. The van der Waals surface area contributed by atoms with Crippen molar-refractivity contribution in [1.82, 2.24) is 4.90 Å². The van der Waals surface area contributed by atoms with Gasteiger partial charge in [-0.1, -0.05) is 21.1 Å². The van der Waals surface area contributed by atoms with Crippen LogP contribution in [0, 0.1) is 6.92 Å². The lowest BCUT2D eigenvalue weighted by Crippen LogP contribution is -2.38. The number of oxime groups is 1. The number of amidine groups is 1. The molecular weight excluding hydrogens is 298 g/mol. The maximum Gasteiger partial charge on any atom is 0.254 e. The van der Waals surface area contributed by atoms with Crippen LogP contribution in [0.2, 0.25) is 0 Å². The summed E-state index contributed by atoms with van der Waals surface area (Å²) in [5.74, 6) is -0.134. The van der Waals surface area contributed by atoms with E-state index in [4.69, 9.17) is 10.9 Å². The van der Waals surface area contributed by atoms with Crippen molar-refractivity contribution in [3.05, 3.63) is 33.8 Å². The van der Waals surface area contributed by atoms with E-state index in [1.54, 1.807) is 6.07 Å². The van der Waals surface area contributed by atoms with E-state index in [1.165, 1.54) is 4.90 Å². The molecule has 0 aliphatic heterocycles. The molecule has 0 aliphatic rings.